The number of aliphatic hydroxyl groups excluding tert-OH is 2. The summed E-state index contributed by atoms with van der Waals surface area (Å²) in [6.07, 6.45) is 3.36. The van der Waals surface area contributed by atoms with Crippen molar-refractivity contribution < 1.29 is 42.4 Å². The molecule has 0 spiro atoms. The first-order valence-electron chi connectivity index (χ1n) is 26.4. The summed E-state index contributed by atoms with van der Waals surface area (Å²) < 4.78 is 51.0. The van der Waals surface area contributed by atoms with Gasteiger partial charge >= 0.3 is 0 Å². The average Bonchev–Trinajstić information content (AvgIpc) is 3.22. The van der Waals surface area contributed by atoms with Gasteiger partial charge in [-0.25, -0.2) is 0 Å². The van der Waals surface area contributed by atoms with Crippen molar-refractivity contribution >= 4 is 35.3 Å². The largest absolute Gasteiger partial charge is 0.414 e. The topological polar surface area (TPSA) is 105 Å². The molecule has 12 heteroatoms. The Bertz CT molecular complexity index is 1890. The third-order valence-electron chi connectivity index (χ3n) is 18.1. The zero-order valence-corrected chi connectivity index (χ0v) is 48.9. The molecule has 4 saturated heterocycles. The Morgan fingerprint density at radius 1 is 0.706 bits per heavy atom. The SMILES string of the molecule is CC(CCO[Si](c1ccccc1)(c1ccccc1)C(C)(C)C)C(C)C(CC(O[Si](C)(C)C(C)(C)C)C1CCC2(C)OC3(C)CC4(C)OC(CCO)C(O)CC4OC3CC2O1)O[Si](C)(C)C(C)(C)C. The van der Waals surface area contributed by atoms with Crippen LogP contribution in [0, 0.1) is 11.8 Å². The van der Waals surface area contributed by atoms with Crippen molar-refractivity contribution in [2.24, 2.45) is 11.8 Å². The molecule has 386 valence electrons. The third-order valence-corrected chi connectivity index (χ3v) is 32.2. The van der Waals surface area contributed by atoms with Gasteiger partial charge in [-0.1, -0.05) is 137 Å². The quantitative estimate of drug-likeness (QED) is 0.150. The van der Waals surface area contributed by atoms with E-state index < -0.39 is 54.0 Å². The first kappa shape index (κ1) is 56.0. The molecule has 0 aromatic heterocycles. The molecular weight excluding hydrogens is 901 g/mol. The number of rotatable bonds is 17. The van der Waals surface area contributed by atoms with E-state index in [4.69, 9.17) is 32.2 Å². The predicted octanol–water partition coefficient (Wildman–Crippen LogP) is 11.3. The lowest BCUT2D eigenvalue weighted by Gasteiger charge is -2.63. The molecule has 0 amide bonds. The van der Waals surface area contributed by atoms with Crippen LogP contribution in [-0.4, -0.2) is 114 Å². The van der Waals surface area contributed by atoms with Crippen molar-refractivity contribution in [2.45, 2.75) is 255 Å². The molecule has 2 aromatic rings. The van der Waals surface area contributed by atoms with E-state index in [2.05, 4.69) is 184 Å². The number of aliphatic hydroxyl groups is 2. The Morgan fingerprint density at radius 3 is 1.76 bits per heavy atom. The van der Waals surface area contributed by atoms with Gasteiger partial charge in [0, 0.05) is 38.9 Å². The van der Waals surface area contributed by atoms with E-state index in [0.29, 0.717) is 38.2 Å². The summed E-state index contributed by atoms with van der Waals surface area (Å²) >= 11 is 0. The average molecular weight is 998 g/mol. The number of fused-ring (bicyclic) bond motifs is 3. The first-order valence-corrected chi connectivity index (χ1v) is 34.1. The number of hydrogen-bond donors (Lipinski definition) is 2. The van der Waals surface area contributed by atoms with Gasteiger partial charge in [0.2, 0.25) is 0 Å². The third kappa shape index (κ3) is 11.6. The van der Waals surface area contributed by atoms with E-state index >= 15 is 0 Å². The van der Waals surface area contributed by atoms with Gasteiger partial charge in [-0.05, 0) is 110 Å². The molecule has 9 nitrogen and oxygen atoms in total. The van der Waals surface area contributed by atoms with Crippen LogP contribution in [-0.2, 0) is 32.2 Å². The van der Waals surface area contributed by atoms with Crippen molar-refractivity contribution in [1.82, 2.24) is 0 Å². The Labute approximate surface area is 416 Å². The van der Waals surface area contributed by atoms with Crippen LogP contribution in [0.25, 0.3) is 0 Å². The van der Waals surface area contributed by atoms with E-state index in [9.17, 15) is 10.2 Å². The predicted molar refractivity (Wildman–Crippen MR) is 285 cm³/mol. The van der Waals surface area contributed by atoms with Gasteiger partial charge in [-0.2, -0.15) is 0 Å². The highest BCUT2D eigenvalue weighted by molar-refractivity contribution is 6.99. The molecule has 0 aliphatic carbocycles. The van der Waals surface area contributed by atoms with Crippen LogP contribution >= 0.6 is 0 Å². The Balaban J connectivity index is 1.27. The zero-order valence-electron chi connectivity index (χ0n) is 45.9. The molecule has 2 N–H and O–H groups in total. The molecule has 4 aliphatic rings. The van der Waals surface area contributed by atoms with Crippen LogP contribution in [0.3, 0.4) is 0 Å². The molecule has 4 fully saturated rings. The molecule has 13 atom stereocenters. The zero-order chi connectivity index (χ0) is 50.5. The monoisotopic (exact) mass is 997 g/mol. The van der Waals surface area contributed by atoms with E-state index in [1.807, 2.05) is 0 Å². The van der Waals surface area contributed by atoms with Crippen LogP contribution in [0.5, 0.6) is 0 Å². The molecule has 4 heterocycles. The lowest BCUT2D eigenvalue weighted by Crippen LogP contribution is -2.72. The fraction of sp³-hybridized carbons (Fsp3) is 0.786. The Kier molecular flexibility index (Phi) is 16.9. The minimum Gasteiger partial charge on any atom is -0.414 e. The highest BCUT2D eigenvalue weighted by Crippen LogP contribution is 2.54. The summed E-state index contributed by atoms with van der Waals surface area (Å²) in [5.41, 5.74) is -1.74. The molecule has 0 radical (unpaired) electrons. The van der Waals surface area contributed by atoms with Crippen LogP contribution in [0.1, 0.15) is 148 Å². The number of ether oxygens (including phenoxy) is 4. The van der Waals surface area contributed by atoms with Gasteiger partial charge in [0.05, 0.1) is 65.6 Å². The molecular formula is C56H96O9Si3. The number of benzene rings is 2. The minimum absolute atomic E-state index is 0.00256. The summed E-state index contributed by atoms with van der Waals surface area (Å²) in [6, 6.07) is 22.0. The maximum Gasteiger partial charge on any atom is 0.261 e. The molecule has 0 bridgehead atoms. The van der Waals surface area contributed by atoms with Gasteiger partial charge in [-0.15, -0.1) is 0 Å². The van der Waals surface area contributed by atoms with Gasteiger partial charge in [0.1, 0.15) is 0 Å². The van der Waals surface area contributed by atoms with E-state index in [1.165, 1.54) is 10.4 Å². The molecule has 68 heavy (non-hydrogen) atoms. The minimum atomic E-state index is -2.69. The summed E-state index contributed by atoms with van der Waals surface area (Å²) in [6.45, 7) is 42.6. The summed E-state index contributed by atoms with van der Waals surface area (Å²) in [5, 5.41) is 23.3. The van der Waals surface area contributed by atoms with E-state index in [0.717, 1.165) is 25.7 Å². The highest BCUT2D eigenvalue weighted by atomic mass is 28.4. The number of hydrogen-bond acceptors (Lipinski definition) is 9. The Hall–Kier alpha value is -1.27. The molecule has 13 unspecified atom stereocenters. The lowest BCUT2D eigenvalue weighted by atomic mass is 9.69. The molecule has 4 aliphatic heterocycles. The molecule has 0 saturated carbocycles. The summed E-state index contributed by atoms with van der Waals surface area (Å²) in [5.74, 6) is 0.534. The van der Waals surface area contributed by atoms with Crippen LogP contribution in [0.15, 0.2) is 60.7 Å². The fourth-order valence-corrected chi connectivity index (χ4v) is 19.0. The van der Waals surface area contributed by atoms with Crippen LogP contribution in [0.2, 0.25) is 41.3 Å². The first-order chi connectivity index (χ1) is 31.3. The van der Waals surface area contributed by atoms with Crippen LogP contribution in [0.4, 0.5) is 0 Å². The summed E-state index contributed by atoms with van der Waals surface area (Å²) in [4.78, 5) is 0. The lowest BCUT2D eigenvalue weighted by molar-refractivity contribution is -0.370. The van der Waals surface area contributed by atoms with Gasteiger partial charge in [-0.3, -0.25) is 0 Å². The second-order valence-electron chi connectivity index (χ2n) is 26.4. The van der Waals surface area contributed by atoms with Crippen LogP contribution < -0.4 is 10.4 Å². The van der Waals surface area contributed by atoms with E-state index in [-0.39, 0.29) is 64.3 Å². The summed E-state index contributed by atoms with van der Waals surface area (Å²) in [7, 11) is -7.24. The van der Waals surface area contributed by atoms with Gasteiger partial charge < -0.3 is 42.4 Å². The van der Waals surface area contributed by atoms with E-state index in [1.54, 1.807) is 0 Å². The normalized spacial score (nSPS) is 32.6. The Morgan fingerprint density at radius 2 is 1.24 bits per heavy atom. The van der Waals surface area contributed by atoms with Crippen molar-refractivity contribution in [3.8, 4) is 0 Å². The fourth-order valence-electron chi connectivity index (χ4n) is 11.6. The standard InChI is InChI=1S/C56H96O9Si3/c1-39(31-34-59-68(53(9,10)11,41-25-21-19-22-26-41)42-27-23-20-24-28-42)40(2)46(63-66(15,16)51(3,4)5)36-47(64-67(17,18)52(6,7)8)45-29-32-54(12)49(60-45)37-50-56(14,65-54)38-55(13)48(61-50)35-43(58)44(62-55)30-33-57/h19-28,39-40,43-50,57-58H,29-38H2,1-18H3. The van der Waals surface area contributed by atoms with Crippen molar-refractivity contribution in [3.05, 3.63) is 60.7 Å². The maximum absolute atomic E-state index is 11.0. The molecule has 2 aromatic carbocycles. The second kappa shape index (κ2) is 20.6. The second-order valence-corrected chi connectivity index (χ2v) is 40.3. The van der Waals surface area contributed by atoms with Crippen molar-refractivity contribution in [1.29, 1.82) is 0 Å². The highest BCUT2D eigenvalue weighted by Gasteiger charge is 2.64. The van der Waals surface area contributed by atoms with Gasteiger partial charge in [0.15, 0.2) is 16.6 Å². The maximum atomic E-state index is 11.0. The molecule has 6 rings (SSSR count). The smallest absolute Gasteiger partial charge is 0.261 e. The van der Waals surface area contributed by atoms with Gasteiger partial charge in [0.25, 0.3) is 8.32 Å². The van der Waals surface area contributed by atoms with Crippen molar-refractivity contribution in [3.63, 3.8) is 0 Å². The van der Waals surface area contributed by atoms with Crippen molar-refractivity contribution in [2.75, 3.05) is 13.2 Å².